The first-order valence-electron chi connectivity index (χ1n) is 5.99. The summed E-state index contributed by atoms with van der Waals surface area (Å²) in [6, 6.07) is 0. The van der Waals surface area contributed by atoms with Gasteiger partial charge in [0.1, 0.15) is 11.2 Å². The molecular formula is C12H23O2P. The lowest BCUT2D eigenvalue weighted by Gasteiger charge is -2.25. The van der Waals surface area contributed by atoms with Gasteiger partial charge in [-0.1, -0.05) is 13.8 Å². The molecular weight excluding hydrogens is 207 g/mol. The van der Waals surface area contributed by atoms with Crippen molar-refractivity contribution in [3.8, 4) is 0 Å². The Morgan fingerprint density at radius 1 is 1.53 bits per heavy atom. The normalized spacial score (nSPS) is 42.6. The van der Waals surface area contributed by atoms with Gasteiger partial charge in [0.2, 0.25) is 0 Å². The van der Waals surface area contributed by atoms with E-state index in [4.69, 9.17) is 4.52 Å². The summed E-state index contributed by atoms with van der Waals surface area (Å²) in [5.41, 5.74) is 0.490. The molecule has 0 aromatic carbocycles. The van der Waals surface area contributed by atoms with Crippen LogP contribution in [-0.2, 0) is 4.52 Å². The molecule has 0 radical (unpaired) electrons. The van der Waals surface area contributed by atoms with Crippen molar-refractivity contribution in [2.45, 2.75) is 64.6 Å². The Balaban J connectivity index is 1.87. The highest BCUT2D eigenvalue weighted by Gasteiger charge is 2.50. The summed E-state index contributed by atoms with van der Waals surface area (Å²) in [4.78, 5) is 0. The van der Waals surface area contributed by atoms with Gasteiger partial charge in [0.15, 0.2) is 0 Å². The van der Waals surface area contributed by atoms with Gasteiger partial charge in [-0.2, -0.15) is 0 Å². The van der Waals surface area contributed by atoms with Gasteiger partial charge < -0.3 is 9.63 Å². The summed E-state index contributed by atoms with van der Waals surface area (Å²) in [5, 5.41) is 9.82. The van der Waals surface area contributed by atoms with Crippen molar-refractivity contribution in [1.82, 2.24) is 0 Å². The largest absolute Gasteiger partial charge is 0.383 e. The molecule has 1 saturated heterocycles. The van der Waals surface area contributed by atoms with Gasteiger partial charge >= 0.3 is 0 Å². The third-order valence-electron chi connectivity index (χ3n) is 3.77. The van der Waals surface area contributed by atoms with Gasteiger partial charge in [0.25, 0.3) is 0 Å². The summed E-state index contributed by atoms with van der Waals surface area (Å²) in [6.07, 6.45) is 4.79. The van der Waals surface area contributed by atoms with E-state index in [1.165, 1.54) is 19.3 Å². The van der Waals surface area contributed by atoms with Crippen LogP contribution in [0, 0.1) is 11.3 Å². The molecule has 1 aliphatic heterocycles. The zero-order chi connectivity index (χ0) is 11.3. The predicted octanol–water partition coefficient (Wildman–Crippen LogP) is 3.68. The Bertz CT molecular complexity index is 250. The van der Waals surface area contributed by atoms with Gasteiger partial charge in [-0.05, 0) is 50.9 Å². The van der Waals surface area contributed by atoms with E-state index in [0.29, 0.717) is 17.2 Å². The van der Waals surface area contributed by atoms with Crippen LogP contribution in [-0.4, -0.2) is 16.3 Å². The predicted molar refractivity (Wildman–Crippen MR) is 63.8 cm³/mol. The summed E-state index contributed by atoms with van der Waals surface area (Å²) < 4.78 is 5.46. The lowest BCUT2D eigenvalue weighted by Crippen LogP contribution is -2.22. The van der Waals surface area contributed by atoms with Crippen LogP contribution in [0.1, 0.15) is 53.4 Å². The molecule has 2 aliphatic rings. The molecule has 4 unspecified atom stereocenters. The van der Waals surface area contributed by atoms with Crippen LogP contribution in [0.4, 0.5) is 0 Å². The molecule has 2 fully saturated rings. The van der Waals surface area contributed by atoms with Crippen LogP contribution in [0.15, 0.2) is 0 Å². The van der Waals surface area contributed by atoms with E-state index < -0.39 is 13.5 Å². The van der Waals surface area contributed by atoms with Gasteiger partial charge in [-0.3, -0.25) is 0 Å². The molecule has 0 bridgehead atoms. The van der Waals surface area contributed by atoms with Crippen LogP contribution in [0.25, 0.3) is 0 Å². The molecule has 1 saturated carbocycles. The number of rotatable bonds is 3. The van der Waals surface area contributed by atoms with Gasteiger partial charge in [0, 0.05) is 0 Å². The lowest BCUT2D eigenvalue weighted by atomic mass is 9.89. The molecule has 2 rings (SSSR count). The number of hydrogen-bond donors (Lipinski definition) is 1. The Labute approximate surface area is 94.2 Å². The topological polar surface area (TPSA) is 32.8 Å². The molecule has 1 heterocycles. The highest BCUT2D eigenvalue weighted by atomic mass is 31.2. The molecule has 1 aliphatic carbocycles. The monoisotopic (exact) mass is 230 g/mol. The maximum atomic E-state index is 10.4. The van der Waals surface area contributed by atoms with Gasteiger partial charge in [-0.25, -0.2) is 0 Å². The Hall–Kier alpha value is 0.350. The minimum absolute atomic E-state index is 0.324. The Morgan fingerprint density at radius 3 is 2.53 bits per heavy atom. The molecule has 0 aromatic heterocycles. The van der Waals surface area contributed by atoms with E-state index in [2.05, 4.69) is 20.8 Å². The second kappa shape index (κ2) is 3.68. The van der Waals surface area contributed by atoms with Crippen molar-refractivity contribution < 1.29 is 9.63 Å². The molecule has 2 nitrogen and oxygen atoms in total. The maximum absolute atomic E-state index is 10.4. The SMILES string of the molecule is CC1OP1C(C)(O)CC1CCC(C)(C)C1. The lowest BCUT2D eigenvalue weighted by molar-refractivity contribution is 0.116. The van der Waals surface area contributed by atoms with E-state index in [9.17, 15) is 5.11 Å². The zero-order valence-corrected chi connectivity index (χ0v) is 11.2. The quantitative estimate of drug-likeness (QED) is 0.592. The summed E-state index contributed by atoms with van der Waals surface area (Å²) >= 11 is 0. The second-order valence-corrected chi connectivity index (χ2v) is 8.78. The smallest absolute Gasteiger partial charge is 0.108 e. The first-order valence-corrected chi connectivity index (χ1v) is 7.32. The van der Waals surface area contributed by atoms with E-state index in [-0.39, 0.29) is 0 Å². The Kier molecular flexibility index (Phi) is 2.90. The third-order valence-corrected chi connectivity index (χ3v) is 6.01. The van der Waals surface area contributed by atoms with E-state index >= 15 is 0 Å². The highest BCUT2D eigenvalue weighted by Crippen LogP contribution is 2.70. The van der Waals surface area contributed by atoms with Crippen molar-refractivity contribution in [2.75, 3.05) is 0 Å². The van der Waals surface area contributed by atoms with Crippen LogP contribution in [0.3, 0.4) is 0 Å². The molecule has 88 valence electrons. The molecule has 0 aromatic rings. The molecule has 0 spiro atoms. The fourth-order valence-corrected chi connectivity index (χ4v) is 4.90. The number of hydrogen-bond acceptors (Lipinski definition) is 2. The maximum Gasteiger partial charge on any atom is 0.108 e. The fraction of sp³-hybridized carbons (Fsp3) is 1.00. The highest BCUT2D eigenvalue weighted by molar-refractivity contribution is 7.60. The van der Waals surface area contributed by atoms with Crippen LogP contribution < -0.4 is 0 Å². The average Bonchev–Trinajstić information content (AvgIpc) is 2.70. The van der Waals surface area contributed by atoms with Gasteiger partial charge in [0.05, 0.1) is 8.15 Å². The van der Waals surface area contributed by atoms with E-state index in [1.807, 2.05) is 6.92 Å². The summed E-state index contributed by atoms with van der Waals surface area (Å²) in [7, 11) is -0.546. The standard InChI is InChI=1S/C12H23O2P/c1-9-14-15(9)12(4,13)8-10-5-6-11(2,3)7-10/h9-10,13H,5-8H2,1-4H3. The van der Waals surface area contributed by atoms with E-state index in [1.54, 1.807) is 0 Å². The average molecular weight is 230 g/mol. The first kappa shape index (κ1) is 11.8. The molecule has 1 N–H and O–H groups in total. The van der Waals surface area contributed by atoms with Crippen molar-refractivity contribution in [3.63, 3.8) is 0 Å². The van der Waals surface area contributed by atoms with Crippen LogP contribution >= 0.6 is 8.15 Å². The van der Waals surface area contributed by atoms with Gasteiger partial charge in [-0.15, -0.1) is 0 Å². The minimum atomic E-state index is -0.546. The zero-order valence-electron chi connectivity index (χ0n) is 10.3. The van der Waals surface area contributed by atoms with E-state index in [0.717, 1.165) is 6.42 Å². The molecule has 3 heteroatoms. The molecule has 15 heavy (non-hydrogen) atoms. The Morgan fingerprint density at radius 2 is 2.13 bits per heavy atom. The van der Waals surface area contributed by atoms with Crippen LogP contribution in [0.2, 0.25) is 0 Å². The van der Waals surface area contributed by atoms with Crippen molar-refractivity contribution in [3.05, 3.63) is 0 Å². The number of aliphatic hydroxyl groups is 1. The third kappa shape index (κ3) is 2.72. The molecule has 4 atom stereocenters. The van der Waals surface area contributed by atoms with Crippen molar-refractivity contribution >= 4 is 8.15 Å². The van der Waals surface area contributed by atoms with Crippen LogP contribution in [0.5, 0.6) is 0 Å². The fourth-order valence-electron chi connectivity index (χ4n) is 3.03. The molecule has 0 amide bonds. The second-order valence-electron chi connectivity index (χ2n) is 6.22. The minimum Gasteiger partial charge on any atom is -0.383 e. The van der Waals surface area contributed by atoms with Crippen molar-refractivity contribution in [2.24, 2.45) is 11.3 Å². The first-order chi connectivity index (χ1) is 6.80. The summed E-state index contributed by atoms with van der Waals surface area (Å²) in [6.45, 7) is 8.71. The summed E-state index contributed by atoms with van der Waals surface area (Å²) in [5.74, 6) is 1.03. The van der Waals surface area contributed by atoms with Crippen molar-refractivity contribution in [1.29, 1.82) is 0 Å².